The second kappa shape index (κ2) is 6.43. The van der Waals surface area contributed by atoms with E-state index in [2.05, 4.69) is 4.74 Å². The Morgan fingerprint density at radius 2 is 1.96 bits per heavy atom. The molecule has 23 heavy (non-hydrogen) atoms. The Bertz CT molecular complexity index is 719. The van der Waals surface area contributed by atoms with Crippen LogP contribution < -0.4 is 9.47 Å². The summed E-state index contributed by atoms with van der Waals surface area (Å²) in [7, 11) is 1.25. The van der Waals surface area contributed by atoms with Crippen LogP contribution in [0.15, 0.2) is 40.8 Å². The normalized spacial score (nSPS) is 15.8. The molecule has 0 spiro atoms. The summed E-state index contributed by atoms with van der Waals surface area (Å²) in [5.74, 6) is 0.288. The lowest BCUT2D eigenvalue weighted by Gasteiger charge is -2.24. The Kier molecular flexibility index (Phi) is 4.18. The molecule has 1 aliphatic heterocycles. The van der Waals surface area contributed by atoms with E-state index in [1.165, 1.54) is 19.2 Å². The van der Waals surface area contributed by atoms with E-state index in [-0.39, 0.29) is 19.0 Å². The summed E-state index contributed by atoms with van der Waals surface area (Å²) in [5, 5.41) is 0. The fourth-order valence-electron chi connectivity index (χ4n) is 2.04. The van der Waals surface area contributed by atoms with Crippen LogP contribution >= 0.6 is 0 Å². The molecule has 0 N–H and O–H groups in total. The lowest BCUT2D eigenvalue weighted by Crippen LogP contribution is -2.37. The van der Waals surface area contributed by atoms with Crippen molar-refractivity contribution in [1.29, 1.82) is 0 Å². The van der Waals surface area contributed by atoms with Gasteiger partial charge < -0.3 is 23.4 Å². The molecule has 1 aliphatic rings. The van der Waals surface area contributed by atoms with Crippen molar-refractivity contribution < 1.29 is 33.0 Å². The van der Waals surface area contributed by atoms with Crippen LogP contribution in [0.25, 0.3) is 0 Å². The van der Waals surface area contributed by atoms with E-state index < -0.39 is 18.0 Å². The largest absolute Gasteiger partial charge is 0.485 e. The number of para-hydroxylation sites is 2. The molecule has 0 aliphatic carbocycles. The van der Waals surface area contributed by atoms with Crippen molar-refractivity contribution in [2.75, 3.05) is 13.7 Å². The third-order valence-electron chi connectivity index (χ3n) is 3.18. The molecule has 7 heteroatoms. The predicted octanol–water partition coefficient (Wildman–Crippen LogP) is 1.95. The van der Waals surface area contributed by atoms with E-state index in [0.29, 0.717) is 17.3 Å². The van der Waals surface area contributed by atoms with Crippen molar-refractivity contribution in [3.05, 3.63) is 47.9 Å². The number of hydrogen-bond acceptors (Lipinski definition) is 7. The van der Waals surface area contributed by atoms with Gasteiger partial charge in [-0.25, -0.2) is 9.59 Å². The number of ether oxygens (including phenoxy) is 4. The fraction of sp³-hybridized carbons (Fsp3) is 0.250. The van der Waals surface area contributed by atoms with E-state index >= 15 is 0 Å². The third kappa shape index (κ3) is 3.28. The second-order valence-corrected chi connectivity index (χ2v) is 4.73. The van der Waals surface area contributed by atoms with Crippen LogP contribution in [0.3, 0.4) is 0 Å². The molecule has 3 rings (SSSR count). The molecule has 0 saturated heterocycles. The summed E-state index contributed by atoms with van der Waals surface area (Å²) in [6.45, 7) is -0.0429. The molecular weight excluding hydrogens is 304 g/mol. The first-order valence-electron chi connectivity index (χ1n) is 6.89. The molecule has 0 fully saturated rings. The van der Waals surface area contributed by atoms with Crippen molar-refractivity contribution in [2.45, 2.75) is 12.7 Å². The van der Waals surface area contributed by atoms with Crippen LogP contribution in [0.1, 0.15) is 16.3 Å². The van der Waals surface area contributed by atoms with Crippen LogP contribution in [-0.2, 0) is 20.9 Å². The van der Waals surface area contributed by atoms with Gasteiger partial charge in [0.05, 0.1) is 7.11 Å². The van der Waals surface area contributed by atoms with Crippen LogP contribution in [0.5, 0.6) is 11.5 Å². The lowest BCUT2D eigenvalue weighted by atomic mass is 10.2. The lowest BCUT2D eigenvalue weighted by molar-refractivity contribution is -0.156. The van der Waals surface area contributed by atoms with Crippen LogP contribution in [0, 0.1) is 0 Å². The molecule has 0 unspecified atom stereocenters. The quantitative estimate of drug-likeness (QED) is 0.797. The minimum Gasteiger partial charge on any atom is -0.485 e. The van der Waals surface area contributed by atoms with E-state index in [0.717, 1.165) is 0 Å². The number of furan rings is 1. The maximum Gasteiger partial charge on any atom is 0.373 e. The minimum atomic E-state index is -0.847. The standard InChI is InChI=1S/C16H14O7/c1-19-15(17)13-7-6-10(22-13)8-21-16(18)14-9-20-11-4-2-3-5-12(11)23-14/h2-7,14H,8-9H2,1H3/t14-/m1/s1. The maximum atomic E-state index is 12.0. The van der Waals surface area contributed by atoms with Gasteiger partial charge in [0.2, 0.25) is 11.9 Å². The summed E-state index contributed by atoms with van der Waals surface area (Å²) < 4.78 is 25.8. The predicted molar refractivity (Wildman–Crippen MR) is 76.2 cm³/mol. The number of carbonyl (C=O) groups excluding carboxylic acids is 2. The summed E-state index contributed by atoms with van der Waals surface area (Å²) in [6, 6.07) is 10.1. The van der Waals surface area contributed by atoms with Crippen LogP contribution in [-0.4, -0.2) is 31.8 Å². The highest BCUT2D eigenvalue weighted by Gasteiger charge is 2.28. The average molecular weight is 318 g/mol. The van der Waals surface area contributed by atoms with Crippen LogP contribution in [0.4, 0.5) is 0 Å². The number of hydrogen-bond donors (Lipinski definition) is 0. The molecule has 0 radical (unpaired) electrons. The zero-order valence-electron chi connectivity index (χ0n) is 12.3. The maximum absolute atomic E-state index is 12.0. The molecule has 0 bridgehead atoms. The monoisotopic (exact) mass is 318 g/mol. The second-order valence-electron chi connectivity index (χ2n) is 4.73. The average Bonchev–Trinajstić information content (AvgIpc) is 3.07. The van der Waals surface area contributed by atoms with Gasteiger partial charge in [-0.15, -0.1) is 0 Å². The molecule has 7 nitrogen and oxygen atoms in total. The molecule has 0 saturated carbocycles. The summed E-state index contributed by atoms with van der Waals surface area (Å²) in [5.41, 5.74) is 0. The van der Waals surface area contributed by atoms with Gasteiger partial charge in [-0.2, -0.15) is 0 Å². The smallest absolute Gasteiger partial charge is 0.373 e. The van der Waals surface area contributed by atoms with Gasteiger partial charge in [-0.3, -0.25) is 0 Å². The number of esters is 2. The van der Waals surface area contributed by atoms with Crippen molar-refractivity contribution in [3.8, 4) is 11.5 Å². The van der Waals surface area contributed by atoms with E-state index in [9.17, 15) is 9.59 Å². The Morgan fingerprint density at radius 1 is 1.17 bits per heavy atom. The fourth-order valence-corrected chi connectivity index (χ4v) is 2.04. The van der Waals surface area contributed by atoms with Gasteiger partial charge in [-0.05, 0) is 24.3 Å². The van der Waals surface area contributed by atoms with Gasteiger partial charge >= 0.3 is 11.9 Å². The topological polar surface area (TPSA) is 84.2 Å². The molecule has 1 aromatic heterocycles. The zero-order valence-corrected chi connectivity index (χ0v) is 12.3. The Labute approximate surface area is 131 Å². The van der Waals surface area contributed by atoms with Gasteiger partial charge in [-0.1, -0.05) is 12.1 Å². The summed E-state index contributed by atoms with van der Waals surface area (Å²) >= 11 is 0. The van der Waals surface area contributed by atoms with Crippen LogP contribution in [0.2, 0.25) is 0 Å². The molecular formula is C16H14O7. The third-order valence-corrected chi connectivity index (χ3v) is 3.18. The van der Waals surface area contributed by atoms with Gasteiger partial charge in [0.25, 0.3) is 0 Å². The minimum absolute atomic E-state index is 0.0460. The van der Waals surface area contributed by atoms with Gasteiger partial charge in [0.1, 0.15) is 19.0 Å². The van der Waals surface area contributed by atoms with E-state index in [1.807, 2.05) is 6.07 Å². The molecule has 120 valence electrons. The number of methoxy groups -OCH3 is 1. The highest BCUT2D eigenvalue weighted by molar-refractivity contribution is 5.86. The Balaban J connectivity index is 1.56. The zero-order chi connectivity index (χ0) is 16.2. The number of benzene rings is 1. The van der Waals surface area contributed by atoms with Crippen molar-refractivity contribution in [2.24, 2.45) is 0 Å². The first-order valence-corrected chi connectivity index (χ1v) is 6.89. The number of rotatable bonds is 4. The molecule has 0 amide bonds. The highest BCUT2D eigenvalue weighted by Crippen LogP contribution is 2.31. The van der Waals surface area contributed by atoms with Crippen molar-refractivity contribution >= 4 is 11.9 Å². The first-order chi connectivity index (χ1) is 11.2. The molecule has 2 aromatic rings. The summed E-state index contributed by atoms with van der Waals surface area (Å²) in [6.07, 6.45) is -0.847. The van der Waals surface area contributed by atoms with Gasteiger partial charge in [0.15, 0.2) is 11.5 Å². The Morgan fingerprint density at radius 3 is 2.74 bits per heavy atom. The number of carbonyl (C=O) groups is 2. The summed E-state index contributed by atoms with van der Waals surface area (Å²) in [4.78, 5) is 23.3. The van der Waals surface area contributed by atoms with Crippen molar-refractivity contribution in [1.82, 2.24) is 0 Å². The van der Waals surface area contributed by atoms with E-state index in [4.69, 9.17) is 18.6 Å². The van der Waals surface area contributed by atoms with Crippen molar-refractivity contribution in [3.63, 3.8) is 0 Å². The molecule has 2 heterocycles. The van der Waals surface area contributed by atoms with E-state index in [1.54, 1.807) is 18.2 Å². The highest BCUT2D eigenvalue weighted by atomic mass is 16.6. The van der Waals surface area contributed by atoms with Gasteiger partial charge in [0, 0.05) is 0 Å². The number of fused-ring (bicyclic) bond motifs is 1. The molecule has 1 aromatic carbocycles. The molecule has 1 atom stereocenters. The first kappa shape index (κ1) is 15.0. The Hall–Kier alpha value is -2.96. The SMILES string of the molecule is COC(=O)c1ccc(COC(=O)[C@H]2COc3ccccc3O2)o1.